The van der Waals surface area contributed by atoms with Crippen LogP contribution in [0.5, 0.6) is 0 Å². The van der Waals surface area contributed by atoms with Crippen molar-refractivity contribution < 1.29 is 14.1 Å². The first kappa shape index (κ1) is 21.1. The van der Waals surface area contributed by atoms with Gasteiger partial charge in [0.15, 0.2) is 0 Å². The summed E-state index contributed by atoms with van der Waals surface area (Å²) in [5.74, 6) is -0.589. The SMILES string of the molecule is CN(CC(=O)NCc1ccccc1[N+](=O)[O-])C(c1ccccc1)c1ccc(F)cc1. The summed E-state index contributed by atoms with van der Waals surface area (Å²) in [6.07, 6.45) is 0. The lowest BCUT2D eigenvalue weighted by atomic mass is 9.97. The van der Waals surface area contributed by atoms with Gasteiger partial charge < -0.3 is 5.32 Å². The summed E-state index contributed by atoms with van der Waals surface area (Å²) in [5.41, 5.74) is 2.24. The number of nitrogens with one attached hydrogen (secondary N) is 1. The molecule has 7 heteroatoms. The average Bonchev–Trinajstić information content (AvgIpc) is 2.75. The van der Waals surface area contributed by atoms with Crippen molar-refractivity contribution in [3.05, 3.63) is 111 Å². The summed E-state index contributed by atoms with van der Waals surface area (Å²) < 4.78 is 13.4. The first-order valence-corrected chi connectivity index (χ1v) is 9.45. The minimum absolute atomic E-state index is 0.0281. The topological polar surface area (TPSA) is 75.5 Å². The Bertz CT molecular complexity index is 1010. The fourth-order valence-electron chi connectivity index (χ4n) is 3.39. The number of carbonyl (C=O) groups is 1. The van der Waals surface area contributed by atoms with Gasteiger partial charge in [0.25, 0.3) is 5.69 Å². The third kappa shape index (κ3) is 5.27. The number of nitrogens with zero attached hydrogens (tertiary/aromatic N) is 2. The minimum atomic E-state index is -0.465. The largest absolute Gasteiger partial charge is 0.351 e. The molecular formula is C23H22FN3O3. The van der Waals surface area contributed by atoms with E-state index in [1.165, 1.54) is 18.2 Å². The van der Waals surface area contributed by atoms with Crippen molar-refractivity contribution in [2.75, 3.05) is 13.6 Å². The van der Waals surface area contributed by atoms with Gasteiger partial charge >= 0.3 is 0 Å². The lowest BCUT2D eigenvalue weighted by molar-refractivity contribution is -0.385. The van der Waals surface area contributed by atoms with Gasteiger partial charge in [0.2, 0.25) is 5.91 Å². The normalized spacial score (nSPS) is 11.8. The molecule has 1 unspecified atom stereocenters. The molecule has 0 saturated heterocycles. The second-order valence-electron chi connectivity index (χ2n) is 6.94. The van der Waals surface area contributed by atoms with Crippen molar-refractivity contribution >= 4 is 11.6 Å². The standard InChI is InChI=1S/C23H22FN3O3/c1-26(16-22(28)25-15-19-9-5-6-10-21(19)27(29)30)23(17-7-3-2-4-8-17)18-11-13-20(24)14-12-18/h2-14,23H,15-16H2,1H3,(H,25,28). The summed E-state index contributed by atoms with van der Waals surface area (Å²) in [6.45, 7) is 0.133. The zero-order chi connectivity index (χ0) is 21.5. The fourth-order valence-corrected chi connectivity index (χ4v) is 3.39. The van der Waals surface area contributed by atoms with Crippen molar-refractivity contribution in [3.8, 4) is 0 Å². The molecule has 0 bridgehead atoms. The Morgan fingerprint density at radius 1 is 1.00 bits per heavy atom. The molecular weight excluding hydrogens is 385 g/mol. The molecule has 0 aliphatic heterocycles. The van der Waals surface area contributed by atoms with E-state index in [1.807, 2.05) is 42.3 Å². The summed E-state index contributed by atoms with van der Waals surface area (Å²) in [5, 5.41) is 13.9. The number of nitro benzene ring substituents is 1. The van der Waals surface area contributed by atoms with E-state index < -0.39 is 4.92 Å². The van der Waals surface area contributed by atoms with Gasteiger partial charge in [0.05, 0.1) is 17.5 Å². The van der Waals surface area contributed by atoms with Crippen LogP contribution in [0.25, 0.3) is 0 Å². The second-order valence-corrected chi connectivity index (χ2v) is 6.94. The highest BCUT2D eigenvalue weighted by Crippen LogP contribution is 2.27. The Balaban J connectivity index is 1.72. The maximum Gasteiger partial charge on any atom is 0.274 e. The highest BCUT2D eigenvalue weighted by molar-refractivity contribution is 5.78. The number of para-hydroxylation sites is 1. The molecule has 1 amide bonds. The van der Waals surface area contributed by atoms with Gasteiger partial charge in [-0.05, 0) is 30.3 Å². The van der Waals surface area contributed by atoms with E-state index in [2.05, 4.69) is 5.32 Å². The number of nitro groups is 1. The number of amides is 1. The van der Waals surface area contributed by atoms with E-state index in [0.717, 1.165) is 11.1 Å². The summed E-state index contributed by atoms with van der Waals surface area (Å²) in [6, 6.07) is 21.9. The molecule has 0 aliphatic carbocycles. The molecule has 3 aromatic carbocycles. The van der Waals surface area contributed by atoms with Crippen LogP contribution in [0.15, 0.2) is 78.9 Å². The van der Waals surface area contributed by atoms with E-state index in [4.69, 9.17) is 0 Å². The number of halogens is 1. The smallest absolute Gasteiger partial charge is 0.274 e. The van der Waals surface area contributed by atoms with E-state index in [9.17, 15) is 19.3 Å². The van der Waals surface area contributed by atoms with E-state index >= 15 is 0 Å². The zero-order valence-corrected chi connectivity index (χ0v) is 16.5. The molecule has 30 heavy (non-hydrogen) atoms. The van der Waals surface area contributed by atoms with Crippen molar-refractivity contribution in [2.45, 2.75) is 12.6 Å². The van der Waals surface area contributed by atoms with Gasteiger partial charge in [-0.1, -0.05) is 60.7 Å². The molecule has 0 radical (unpaired) electrons. The van der Waals surface area contributed by atoms with E-state index in [0.29, 0.717) is 5.56 Å². The Hall–Kier alpha value is -3.58. The van der Waals surface area contributed by atoms with Gasteiger partial charge in [-0.15, -0.1) is 0 Å². The molecule has 1 atom stereocenters. The Labute approximate surface area is 174 Å². The summed E-state index contributed by atoms with van der Waals surface area (Å²) in [4.78, 5) is 25.1. The summed E-state index contributed by atoms with van der Waals surface area (Å²) >= 11 is 0. The van der Waals surface area contributed by atoms with Crippen molar-refractivity contribution in [1.29, 1.82) is 0 Å². The number of rotatable bonds is 8. The van der Waals surface area contributed by atoms with Crippen LogP contribution in [0.4, 0.5) is 10.1 Å². The first-order chi connectivity index (χ1) is 14.5. The molecule has 0 fully saturated rings. The molecule has 1 N–H and O–H groups in total. The second kappa shape index (κ2) is 9.76. The zero-order valence-electron chi connectivity index (χ0n) is 16.5. The maximum atomic E-state index is 13.4. The van der Waals surface area contributed by atoms with Gasteiger partial charge in [-0.2, -0.15) is 0 Å². The maximum absolute atomic E-state index is 13.4. The van der Waals surface area contributed by atoms with Gasteiger partial charge in [-0.25, -0.2) is 4.39 Å². The first-order valence-electron chi connectivity index (χ1n) is 9.45. The molecule has 0 saturated carbocycles. The van der Waals surface area contributed by atoms with Gasteiger partial charge in [-0.3, -0.25) is 19.8 Å². The van der Waals surface area contributed by atoms with Crippen LogP contribution in [0.3, 0.4) is 0 Å². The van der Waals surface area contributed by atoms with E-state index in [-0.39, 0.29) is 36.5 Å². The quantitative estimate of drug-likeness (QED) is 0.451. The Morgan fingerprint density at radius 2 is 1.60 bits per heavy atom. The Kier molecular flexibility index (Phi) is 6.87. The monoisotopic (exact) mass is 407 g/mol. The molecule has 3 aromatic rings. The molecule has 0 aromatic heterocycles. The fraction of sp³-hybridized carbons (Fsp3) is 0.174. The van der Waals surface area contributed by atoms with Crippen LogP contribution in [-0.2, 0) is 11.3 Å². The summed E-state index contributed by atoms with van der Waals surface area (Å²) in [7, 11) is 1.81. The number of benzene rings is 3. The lowest BCUT2D eigenvalue weighted by Crippen LogP contribution is -2.37. The molecule has 0 spiro atoms. The third-order valence-corrected chi connectivity index (χ3v) is 4.80. The minimum Gasteiger partial charge on any atom is -0.351 e. The van der Waals surface area contributed by atoms with Crippen LogP contribution in [0.2, 0.25) is 0 Å². The molecule has 6 nitrogen and oxygen atoms in total. The average molecular weight is 407 g/mol. The predicted molar refractivity (Wildman–Crippen MR) is 112 cm³/mol. The molecule has 154 valence electrons. The lowest BCUT2D eigenvalue weighted by Gasteiger charge is -2.28. The van der Waals surface area contributed by atoms with Gasteiger partial charge in [0, 0.05) is 18.2 Å². The van der Waals surface area contributed by atoms with Crippen LogP contribution >= 0.6 is 0 Å². The number of hydrogen-bond acceptors (Lipinski definition) is 4. The molecule has 0 aliphatic rings. The highest BCUT2D eigenvalue weighted by atomic mass is 19.1. The highest BCUT2D eigenvalue weighted by Gasteiger charge is 2.22. The molecule has 3 rings (SSSR count). The number of carbonyl (C=O) groups excluding carboxylic acids is 1. The van der Waals surface area contributed by atoms with Crippen molar-refractivity contribution in [2.24, 2.45) is 0 Å². The van der Waals surface area contributed by atoms with Crippen LogP contribution in [-0.4, -0.2) is 29.3 Å². The van der Waals surface area contributed by atoms with Crippen LogP contribution in [0, 0.1) is 15.9 Å². The van der Waals surface area contributed by atoms with E-state index in [1.54, 1.807) is 30.3 Å². The molecule has 0 heterocycles. The van der Waals surface area contributed by atoms with Crippen molar-refractivity contribution in [1.82, 2.24) is 10.2 Å². The third-order valence-electron chi connectivity index (χ3n) is 4.80. The number of likely N-dealkylation sites (N-methyl/N-ethyl adjacent to an activating group) is 1. The van der Waals surface area contributed by atoms with Crippen molar-refractivity contribution in [3.63, 3.8) is 0 Å². The Morgan fingerprint density at radius 3 is 2.27 bits per heavy atom. The van der Waals surface area contributed by atoms with Crippen LogP contribution < -0.4 is 5.32 Å². The number of hydrogen-bond donors (Lipinski definition) is 1. The van der Waals surface area contributed by atoms with Gasteiger partial charge in [0.1, 0.15) is 5.82 Å². The predicted octanol–water partition coefficient (Wildman–Crippen LogP) is 4.07. The van der Waals surface area contributed by atoms with Crippen LogP contribution in [0.1, 0.15) is 22.7 Å².